The molecule has 2 aromatic rings. The number of aromatic carboxylic acids is 1. The van der Waals surface area contributed by atoms with Gasteiger partial charge in [0.2, 0.25) is 0 Å². The van der Waals surface area contributed by atoms with Gasteiger partial charge in [-0.2, -0.15) is 0 Å². The van der Waals surface area contributed by atoms with Gasteiger partial charge in [-0.05, 0) is 29.8 Å². The summed E-state index contributed by atoms with van der Waals surface area (Å²) < 4.78 is 4.93. The highest BCUT2D eigenvalue weighted by Gasteiger charge is 2.39. The van der Waals surface area contributed by atoms with Crippen molar-refractivity contribution < 1.29 is 24.5 Å². The van der Waals surface area contributed by atoms with Crippen LogP contribution in [0.2, 0.25) is 0 Å². The van der Waals surface area contributed by atoms with Crippen molar-refractivity contribution in [2.75, 3.05) is 25.1 Å². The van der Waals surface area contributed by atoms with Crippen molar-refractivity contribution in [2.24, 2.45) is 5.92 Å². The number of phenolic OH excluding ortho intramolecular Hbond substituents is 1. The molecular weight excluding hydrogens is 324 g/mol. The SMILES string of the molecule is COC(=O)[C@@H]1CN(c2cccc(C(=O)O)n2)C[C@H]1c1ccc(O)cc1. The minimum Gasteiger partial charge on any atom is -0.508 e. The van der Waals surface area contributed by atoms with Gasteiger partial charge in [-0.15, -0.1) is 0 Å². The highest BCUT2D eigenvalue weighted by Crippen LogP contribution is 2.36. The largest absolute Gasteiger partial charge is 0.508 e. The molecule has 1 aromatic heterocycles. The van der Waals surface area contributed by atoms with E-state index in [-0.39, 0.29) is 23.3 Å². The van der Waals surface area contributed by atoms with Gasteiger partial charge in [0.05, 0.1) is 13.0 Å². The Kier molecular flexibility index (Phi) is 4.56. The second kappa shape index (κ2) is 6.80. The highest BCUT2D eigenvalue weighted by atomic mass is 16.5. The van der Waals surface area contributed by atoms with Gasteiger partial charge >= 0.3 is 11.9 Å². The Balaban J connectivity index is 1.91. The Morgan fingerprint density at radius 3 is 2.52 bits per heavy atom. The van der Waals surface area contributed by atoms with Gasteiger partial charge in [0, 0.05) is 19.0 Å². The number of aromatic nitrogens is 1. The van der Waals surface area contributed by atoms with Crippen LogP contribution in [-0.4, -0.2) is 47.3 Å². The molecule has 130 valence electrons. The van der Waals surface area contributed by atoms with Crippen LogP contribution in [0.25, 0.3) is 0 Å². The van der Waals surface area contributed by atoms with E-state index in [1.165, 1.54) is 13.2 Å². The number of carbonyl (C=O) groups is 2. The molecule has 25 heavy (non-hydrogen) atoms. The molecule has 1 saturated heterocycles. The van der Waals surface area contributed by atoms with Crippen molar-refractivity contribution in [2.45, 2.75) is 5.92 Å². The molecule has 0 saturated carbocycles. The average molecular weight is 342 g/mol. The Bertz CT molecular complexity index is 790. The molecule has 2 atom stereocenters. The topological polar surface area (TPSA) is 100.0 Å². The number of ether oxygens (including phenoxy) is 1. The van der Waals surface area contributed by atoms with Crippen molar-refractivity contribution in [3.8, 4) is 5.75 Å². The van der Waals surface area contributed by atoms with Crippen molar-refractivity contribution in [1.82, 2.24) is 4.98 Å². The van der Waals surface area contributed by atoms with Crippen molar-refractivity contribution in [3.63, 3.8) is 0 Å². The molecule has 0 amide bonds. The van der Waals surface area contributed by atoms with E-state index in [4.69, 9.17) is 9.84 Å². The maximum atomic E-state index is 12.2. The first kappa shape index (κ1) is 16.8. The number of nitrogens with zero attached hydrogens (tertiary/aromatic N) is 2. The number of hydrogen-bond donors (Lipinski definition) is 2. The zero-order valence-corrected chi connectivity index (χ0v) is 13.6. The third-order valence-corrected chi connectivity index (χ3v) is 4.42. The minimum absolute atomic E-state index is 0.0415. The Morgan fingerprint density at radius 2 is 1.88 bits per heavy atom. The lowest BCUT2D eigenvalue weighted by molar-refractivity contribution is -0.145. The summed E-state index contributed by atoms with van der Waals surface area (Å²) in [7, 11) is 1.35. The highest BCUT2D eigenvalue weighted by molar-refractivity contribution is 5.85. The summed E-state index contributed by atoms with van der Waals surface area (Å²) >= 11 is 0. The van der Waals surface area contributed by atoms with E-state index in [0.29, 0.717) is 18.9 Å². The Labute approximate surface area is 144 Å². The van der Waals surface area contributed by atoms with Gasteiger partial charge in [-0.3, -0.25) is 4.79 Å². The second-order valence-corrected chi connectivity index (χ2v) is 5.92. The fraction of sp³-hybridized carbons (Fsp3) is 0.278. The average Bonchev–Trinajstić information content (AvgIpc) is 3.07. The van der Waals surface area contributed by atoms with Gasteiger partial charge in [0.15, 0.2) is 5.69 Å². The molecule has 1 aliphatic heterocycles. The molecule has 0 aliphatic carbocycles. The molecule has 1 fully saturated rings. The number of phenols is 1. The van der Waals surface area contributed by atoms with Gasteiger partial charge in [0.25, 0.3) is 0 Å². The quantitative estimate of drug-likeness (QED) is 0.818. The Hall–Kier alpha value is -3.09. The number of anilines is 1. The summed E-state index contributed by atoms with van der Waals surface area (Å²) in [5.41, 5.74) is 0.866. The molecular formula is C18H18N2O5. The standard InChI is InChI=1S/C18H18N2O5/c1-25-18(24)14-10-20(16-4-2-3-15(19-16)17(22)23)9-13(14)11-5-7-12(21)8-6-11/h2-8,13-14,21H,9-10H2,1H3,(H,22,23)/t13-,14+/m0/s1. The molecule has 3 rings (SSSR count). The lowest BCUT2D eigenvalue weighted by Gasteiger charge is -2.17. The molecule has 2 heterocycles. The van der Waals surface area contributed by atoms with Gasteiger partial charge < -0.3 is 19.8 Å². The minimum atomic E-state index is -1.10. The number of hydrogen-bond acceptors (Lipinski definition) is 6. The van der Waals surface area contributed by atoms with Gasteiger partial charge in [-0.1, -0.05) is 18.2 Å². The maximum absolute atomic E-state index is 12.2. The van der Waals surface area contributed by atoms with Crippen LogP contribution in [0.4, 0.5) is 5.82 Å². The van der Waals surface area contributed by atoms with E-state index in [1.807, 2.05) is 4.90 Å². The van der Waals surface area contributed by atoms with E-state index >= 15 is 0 Å². The zero-order chi connectivity index (χ0) is 18.0. The number of carbonyl (C=O) groups excluding carboxylic acids is 1. The second-order valence-electron chi connectivity index (χ2n) is 5.92. The van der Waals surface area contributed by atoms with E-state index < -0.39 is 11.9 Å². The predicted molar refractivity (Wildman–Crippen MR) is 89.8 cm³/mol. The number of methoxy groups -OCH3 is 1. The van der Waals surface area contributed by atoms with Crippen molar-refractivity contribution >= 4 is 17.8 Å². The summed E-state index contributed by atoms with van der Waals surface area (Å²) in [5.74, 6) is -1.29. The van der Waals surface area contributed by atoms with E-state index in [0.717, 1.165) is 5.56 Å². The summed E-state index contributed by atoms with van der Waals surface area (Å²) in [6, 6.07) is 11.5. The van der Waals surface area contributed by atoms with Gasteiger partial charge in [0.1, 0.15) is 11.6 Å². The number of carboxylic acids is 1. The first-order valence-corrected chi connectivity index (χ1v) is 7.81. The van der Waals surface area contributed by atoms with Crippen LogP contribution in [0.5, 0.6) is 5.75 Å². The Morgan fingerprint density at radius 1 is 1.16 bits per heavy atom. The number of carboxylic acid groups (broad SMARTS) is 1. The van der Waals surface area contributed by atoms with Crippen LogP contribution < -0.4 is 4.90 Å². The van der Waals surface area contributed by atoms with Crippen LogP contribution in [0.15, 0.2) is 42.5 Å². The summed E-state index contributed by atoms with van der Waals surface area (Å²) in [5, 5.41) is 18.6. The van der Waals surface area contributed by atoms with E-state index in [9.17, 15) is 14.7 Å². The maximum Gasteiger partial charge on any atom is 0.354 e. The third-order valence-electron chi connectivity index (χ3n) is 4.42. The normalized spacial score (nSPS) is 19.6. The van der Waals surface area contributed by atoms with Crippen molar-refractivity contribution in [1.29, 1.82) is 0 Å². The number of rotatable bonds is 4. The molecule has 0 spiro atoms. The molecule has 0 bridgehead atoms. The molecule has 7 nitrogen and oxygen atoms in total. The van der Waals surface area contributed by atoms with Crippen LogP contribution in [-0.2, 0) is 9.53 Å². The number of aromatic hydroxyl groups is 1. The predicted octanol–water partition coefficient (Wildman–Crippen LogP) is 1.88. The number of benzene rings is 1. The van der Waals surface area contributed by atoms with Crippen molar-refractivity contribution in [3.05, 3.63) is 53.7 Å². The first-order valence-electron chi connectivity index (χ1n) is 7.81. The zero-order valence-electron chi connectivity index (χ0n) is 13.6. The number of pyridine rings is 1. The number of esters is 1. The van der Waals surface area contributed by atoms with Gasteiger partial charge in [-0.25, -0.2) is 9.78 Å². The van der Waals surface area contributed by atoms with Crippen LogP contribution >= 0.6 is 0 Å². The fourth-order valence-corrected chi connectivity index (χ4v) is 3.16. The van der Waals surface area contributed by atoms with Crippen LogP contribution in [0, 0.1) is 5.92 Å². The lowest BCUT2D eigenvalue weighted by atomic mass is 9.89. The monoisotopic (exact) mass is 342 g/mol. The molecule has 7 heteroatoms. The molecule has 1 aromatic carbocycles. The fourth-order valence-electron chi connectivity index (χ4n) is 3.16. The molecule has 0 unspecified atom stereocenters. The summed E-state index contributed by atoms with van der Waals surface area (Å²) in [6.45, 7) is 0.884. The smallest absolute Gasteiger partial charge is 0.354 e. The van der Waals surface area contributed by atoms with E-state index in [1.54, 1.807) is 36.4 Å². The molecule has 0 radical (unpaired) electrons. The summed E-state index contributed by atoms with van der Waals surface area (Å²) in [6.07, 6.45) is 0. The first-order chi connectivity index (χ1) is 12.0. The molecule has 2 N–H and O–H groups in total. The lowest BCUT2D eigenvalue weighted by Crippen LogP contribution is -2.25. The third kappa shape index (κ3) is 3.40. The van der Waals surface area contributed by atoms with E-state index in [2.05, 4.69) is 4.98 Å². The molecule has 1 aliphatic rings. The van der Waals surface area contributed by atoms with Crippen LogP contribution in [0.3, 0.4) is 0 Å². The van der Waals surface area contributed by atoms with Crippen LogP contribution in [0.1, 0.15) is 22.0 Å². The summed E-state index contributed by atoms with van der Waals surface area (Å²) in [4.78, 5) is 29.4.